The smallest absolute Gasteiger partial charge is 0.262 e. The predicted octanol–water partition coefficient (Wildman–Crippen LogP) is 5.94. The summed E-state index contributed by atoms with van der Waals surface area (Å²) in [5.41, 5.74) is 4.90. The second kappa shape index (κ2) is 27.8. The first-order chi connectivity index (χ1) is 36.1. The van der Waals surface area contributed by atoms with Crippen molar-refractivity contribution in [2.75, 3.05) is 76.0 Å². The average molecular weight is 1200 g/mol. The van der Waals surface area contributed by atoms with Gasteiger partial charge in [-0.3, -0.25) is 28.5 Å². The van der Waals surface area contributed by atoms with Gasteiger partial charge >= 0.3 is 0 Å². The van der Waals surface area contributed by atoms with Gasteiger partial charge in [0, 0.05) is 42.2 Å². The van der Waals surface area contributed by atoms with Gasteiger partial charge in [-0.05, 0) is 102 Å². The van der Waals surface area contributed by atoms with Crippen LogP contribution >= 0.6 is 33.9 Å². The molecule has 6 N–H and O–H groups in total. The number of anilines is 3. The third-order valence-corrected chi connectivity index (χ3v) is 15.4. The number of halogens is 2. The first-order valence-electron chi connectivity index (χ1n) is 24.8. The highest BCUT2D eigenvalue weighted by molar-refractivity contribution is 14.1. The summed E-state index contributed by atoms with van der Waals surface area (Å²) in [5.74, 6) is -1.84. The lowest BCUT2D eigenvalue weighted by Crippen LogP contribution is -2.58. The number of sulfonamides is 1. The number of aromatic nitrogens is 2. The number of carbonyl (C=O) groups excluding carboxylic acids is 3. The van der Waals surface area contributed by atoms with E-state index in [-0.39, 0.29) is 72.4 Å². The Kier molecular flexibility index (Phi) is 21.9. The van der Waals surface area contributed by atoms with Gasteiger partial charge in [-0.1, -0.05) is 57.2 Å². The molecule has 0 saturated carbocycles. The summed E-state index contributed by atoms with van der Waals surface area (Å²) in [7, 11) is -2.62. The number of hydrogen-bond donors (Lipinski definition) is 6. The molecule has 23 heteroatoms. The molecule has 0 bridgehead atoms. The molecular formula is C53H68FIN8O11S2. The van der Waals surface area contributed by atoms with Crippen LogP contribution in [0.25, 0.3) is 10.4 Å². The molecule has 2 aromatic heterocycles. The van der Waals surface area contributed by atoms with Crippen LogP contribution in [0.3, 0.4) is 0 Å². The normalized spacial score (nSPS) is 15.6. The maximum atomic E-state index is 14.7. The molecule has 19 nitrogen and oxygen atoms in total. The third-order valence-electron chi connectivity index (χ3n) is 12.4. The van der Waals surface area contributed by atoms with Crippen molar-refractivity contribution in [2.24, 2.45) is 12.5 Å². The molecule has 1 aliphatic rings. The van der Waals surface area contributed by atoms with Gasteiger partial charge in [0.15, 0.2) is 0 Å². The largest absolute Gasteiger partial charge is 0.391 e. The zero-order valence-electron chi connectivity index (χ0n) is 43.7. The Morgan fingerprint density at radius 2 is 1.54 bits per heavy atom. The number of aryl methyl sites for hydroxylation is 2. The van der Waals surface area contributed by atoms with Crippen LogP contribution in [-0.2, 0) is 56.9 Å². The number of rotatable bonds is 27. The van der Waals surface area contributed by atoms with Gasteiger partial charge in [-0.2, -0.15) is 0 Å². The molecule has 3 heterocycles. The Bertz CT molecular complexity index is 2940. The summed E-state index contributed by atoms with van der Waals surface area (Å²) in [5, 5.41) is 22.5. The number of hydrogen-bond acceptors (Lipinski definition) is 15. The van der Waals surface area contributed by atoms with Gasteiger partial charge in [0.05, 0.1) is 90.7 Å². The standard InChI is InChI=1S/C53H68FIN8O11S2/c1-33-26-44(49(62(7)51(33)67)59-43-17-14-39(55)27-42(43)54)61-76(69,70)41-15-8-36(9-16-41)29-56-18-19-71-20-21-72-22-23-73-24-25-74-31-46(65)60-48(53(4,5)6)52(68)63-30-40(64)28-45(63)50(66)58-34(2)37-10-12-38(13-11-37)47-35(3)57-32-75-47/h8-17,26-27,32,34,40,45,48,56,59,61,64H,18-25,28-31H2,1-7H3,(H,58,66)(H,60,65). The molecule has 0 radical (unpaired) electrons. The molecule has 4 atom stereocenters. The number of ether oxygens (including phenoxy) is 4. The minimum Gasteiger partial charge on any atom is -0.391 e. The van der Waals surface area contributed by atoms with Gasteiger partial charge in [0.1, 0.15) is 30.3 Å². The molecule has 5 aromatic rings. The highest BCUT2D eigenvalue weighted by Gasteiger charge is 2.44. The number of nitrogens with zero attached hydrogens (tertiary/aromatic N) is 3. The average Bonchev–Trinajstić information content (AvgIpc) is 4.01. The highest BCUT2D eigenvalue weighted by Crippen LogP contribution is 2.31. The van der Waals surface area contributed by atoms with Crippen molar-refractivity contribution in [1.82, 2.24) is 30.4 Å². The second-order valence-electron chi connectivity index (χ2n) is 19.4. The maximum absolute atomic E-state index is 14.7. The number of aliphatic hydroxyl groups excluding tert-OH is 1. The van der Waals surface area contributed by atoms with Gasteiger partial charge in [0.2, 0.25) is 17.7 Å². The Balaban J connectivity index is 0.815. The van der Waals surface area contributed by atoms with Crippen LogP contribution in [-0.4, -0.2) is 130 Å². The van der Waals surface area contributed by atoms with Gasteiger partial charge < -0.3 is 50.2 Å². The molecule has 0 aliphatic carbocycles. The van der Waals surface area contributed by atoms with Crippen molar-refractivity contribution < 1.29 is 51.2 Å². The van der Waals surface area contributed by atoms with Crippen LogP contribution < -0.4 is 31.5 Å². The molecule has 6 rings (SSSR count). The van der Waals surface area contributed by atoms with Crippen molar-refractivity contribution in [1.29, 1.82) is 0 Å². The number of amides is 3. The van der Waals surface area contributed by atoms with Crippen molar-refractivity contribution in [3.8, 4) is 10.4 Å². The Hall–Kier alpha value is -5.38. The minimum absolute atomic E-state index is 0.00439. The molecule has 1 fully saturated rings. The van der Waals surface area contributed by atoms with E-state index in [0.29, 0.717) is 55.3 Å². The van der Waals surface area contributed by atoms with Crippen LogP contribution in [0, 0.1) is 28.6 Å². The summed E-state index contributed by atoms with van der Waals surface area (Å²) < 4.78 is 68.4. The van der Waals surface area contributed by atoms with E-state index in [1.165, 1.54) is 46.8 Å². The summed E-state index contributed by atoms with van der Waals surface area (Å²) in [6.07, 6.45) is -0.823. The fourth-order valence-corrected chi connectivity index (χ4v) is 10.6. The lowest BCUT2D eigenvalue weighted by atomic mass is 9.85. The SMILES string of the molecule is Cc1ncsc1-c1ccc(C(C)NC(=O)C2CC(O)CN2C(=O)C(NC(=O)COCCOCCOCCOCCNCc2ccc(S(=O)(=O)Nc3cc(C)c(=O)n(C)c3Nc3ccc(I)cc3F)cc2)C(C)(C)C)cc1. The van der Waals surface area contributed by atoms with Crippen LogP contribution in [0.15, 0.2) is 88.0 Å². The van der Waals surface area contributed by atoms with Gasteiger partial charge in [-0.15, -0.1) is 11.3 Å². The molecule has 76 heavy (non-hydrogen) atoms. The lowest BCUT2D eigenvalue weighted by molar-refractivity contribution is -0.144. The van der Waals surface area contributed by atoms with Crippen LogP contribution in [0.1, 0.15) is 62.5 Å². The molecule has 3 aromatic carbocycles. The van der Waals surface area contributed by atoms with Crippen molar-refractivity contribution in [3.05, 3.63) is 120 Å². The Labute approximate surface area is 460 Å². The monoisotopic (exact) mass is 1200 g/mol. The molecular weight excluding hydrogens is 1130 g/mol. The number of carbonyl (C=O) groups is 3. The number of nitrogens with one attached hydrogen (secondary N) is 5. The number of pyridine rings is 1. The zero-order valence-corrected chi connectivity index (χ0v) is 47.5. The van der Waals surface area contributed by atoms with Crippen molar-refractivity contribution in [3.63, 3.8) is 0 Å². The number of benzene rings is 3. The van der Waals surface area contributed by atoms with E-state index >= 15 is 0 Å². The van der Waals surface area contributed by atoms with E-state index < -0.39 is 51.3 Å². The first-order valence-corrected chi connectivity index (χ1v) is 28.2. The fraction of sp³-hybridized carbons (Fsp3) is 0.453. The Morgan fingerprint density at radius 1 is 0.895 bits per heavy atom. The molecule has 412 valence electrons. The van der Waals surface area contributed by atoms with Crippen molar-refractivity contribution >= 4 is 78.9 Å². The highest BCUT2D eigenvalue weighted by atomic mass is 127. The number of β-amino-alcohol motifs (C(OH)–C–C–N with tert-alkyl or cyclic N) is 1. The summed E-state index contributed by atoms with van der Waals surface area (Å²) in [6, 6.07) is 17.9. The van der Waals surface area contributed by atoms with E-state index in [4.69, 9.17) is 18.9 Å². The van der Waals surface area contributed by atoms with Gasteiger partial charge in [0.25, 0.3) is 15.6 Å². The fourth-order valence-electron chi connectivity index (χ4n) is 8.25. The number of aliphatic hydroxyl groups is 1. The lowest BCUT2D eigenvalue weighted by Gasteiger charge is -2.35. The minimum atomic E-state index is -4.09. The van der Waals surface area contributed by atoms with Gasteiger partial charge in [-0.25, -0.2) is 17.8 Å². The first kappa shape index (κ1) is 59.9. The molecule has 1 saturated heterocycles. The summed E-state index contributed by atoms with van der Waals surface area (Å²) in [6.45, 7) is 13.5. The van der Waals surface area contributed by atoms with E-state index in [1.807, 2.05) is 81.5 Å². The zero-order chi connectivity index (χ0) is 55.2. The predicted molar refractivity (Wildman–Crippen MR) is 297 cm³/mol. The van der Waals surface area contributed by atoms with E-state index in [9.17, 15) is 37.1 Å². The second-order valence-corrected chi connectivity index (χ2v) is 23.2. The van der Waals surface area contributed by atoms with Crippen LogP contribution in [0.4, 0.5) is 21.6 Å². The van der Waals surface area contributed by atoms with Crippen LogP contribution in [0.2, 0.25) is 0 Å². The molecule has 1 aliphatic heterocycles. The van der Waals surface area contributed by atoms with E-state index in [2.05, 4.69) is 31.0 Å². The molecule has 0 spiro atoms. The molecule has 4 unspecified atom stereocenters. The molecule has 3 amide bonds. The van der Waals surface area contributed by atoms with Crippen molar-refractivity contribution in [2.45, 2.75) is 83.6 Å². The Morgan fingerprint density at radius 3 is 2.16 bits per heavy atom. The number of likely N-dealkylation sites (tertiary alicyclic amines) is 1. The topological polar surface area (TPSA) is 241 Å². The maximum Gasteiger partial charge on any atom is 0.262 e. The third kappa shape index (κ3) is 16.8. The van der Waals surface area contributed by atoms with E-state index in [1.54, 1.807) is 42.0 Å². The van der Waals surface area contributed by atoms with E-state index in [0.717, 1.165) is 27.3 Å². The number of thiazole rings is 1. The summed E-state index contributed by atoms with van der Waals surface area (Å²) in [4.78, 5) is 60.1. The summed E-state index contributed by atoms with van der Waals surface area (Å²) >= 11 is 3.54. The van der Waals surface area contributed by atoms with Crippen LogP contribution in [0.5, 0.6) is 0 Å². The quantitative estimate of drug-likeness (QED) is 0.0264.